The second kappa shape index (κ2) is 8.19. The molecule has 3 rings (SSSR count). The highest BCUT2D eigenvalue weighted by Gasteiger charge is 2.27. The van der Waals surface area contributed by atoms with Gasteiger partial charge in [0.05, 0.1) is 6.54 Å². The van der Waals surface area contributed by atoms with Crippen molar-refractivity contribution in [2.45, 2.75) is 32.9 Å². The van der Waals surface area contributed by atoms with Crippen molar-refractivity contribution in [3.63, 3.8) is 0 Å². The summed E-state index contributed by atoms with van der Waals surface area (Å²) in [6, 6.07) is 10.9. The fraction of sp³-hybridized carbons (Fsp3) is 0.381. The van der Waals surface area contributed by atoms with Crippen molar-refractivity contribution in [2.75, 3.05) is 13.2 Å². The Balaban J connectivity index is 1.91. The summed E-state index contributed by atoms with van der Waals surface area (Å²) >= 11 is 6.08. The van der Waals surface area contributed by atoms with Crippen LogP contribution >= 0.6 is 11.6 Å². The maximum absolute atomic E-state index is 12.6. The monoisotopic (exact) mass is 389 g/mol. The van der Waals surface area contributed by atoms with E-state index in [4.69, 9.17) is 16.3 Å². The topological polar surface area (TPSA) is 70.0 Å². The summed E-state index contributed by atoms with van der Waals surface area (Å²) in [6.07, 6.45) is -0.618. The van der Waals surface area contributed by atoms with E-state index in [9.17, 15) is 15.0 Å². The Kier molecular flexibility index (Phi) is 5.92. The summed E-state index contributed by atoms with van der Waals surface area (Å²) in [4.78, 5) is 14.2. The van der Waals surface area contributed by atoms with E-state index >= 15 is 0 Å². The van der Waals surface area contributed by atoms with Gasteiger partial charge in [0.25, 0.3) is 5.91 Å². The number of rotatable bonds is 4. The van der Waals surface area contributed by atoms with Crippen LogP contribution in [0.4, 0.5) is 0 Å². The number of aliphatic hydroxyl groups is 1. The van der Waals surface area contributed by atoms with Gasteiger partial charge in [0, 0.05) is 17.1 Å². The zero-order valence-corrected chi connectivity index (χ0v) is 16.2. The van der Waals surface area contributed by atoms with E-state index in [-0.39, 0.29) is 30.7 Å². The molecule has 144 valence electrons. The molecule has 1 heterocycles. The molecule has 1 aliphatic rings. The van der Waals surface area contributed by atoms with Crippen LogP contribution in [0.1, 0.15) is 25.8 Å². The molecule has 0 fully saturated rings. The minimum Gasteiger partial charge on any atom is -0.504 e. The number of carbonyl (C=O) groups excluding carboxylic acids is 1. The van der Waals surface area contributed by atoms with Crippen LogP contribution in [-0.4, -0.2) is 40.3 Å². The molecule has 0 saturated carbocycles. The largest absolute Gasteiger partial charge is 0.504 e. The molecule has 0 aliphatic carbocycles. The van der Waals surface area contributed by atoms with Gasteiger partial charge in [-0.15, -0.1) is 0 Å². The lowest BCUT2D eigenvalue weighted by molar-refractivity contribution is -0.141. The number of ether oxygens (including phenoxy) is 1. The average Bonchev–Trinajstić information content (AvgIpc) is 2.83. The first-order valence-electron chi connectivity index (χ1n) is 9.06. The van der Waals surface area contributed by atoms with Crippen molar-refractivity contribution in [1.82, 2.24) is 4.90 Å². The molecular formula is C21H24ClNO4. The fourth-order valence-electron chi connectivity index (χ4n) is 3.28. The predicted molar refractivity (Wildman–Crippen MR) is 105 cm³/mol. The highest BCUT2D eigenvalue weighted by molar-refractivity contribution is 6.30. The van der Waals surface area contributed by atoms with Gasteiger partial charge < -0.3 is 19.8 Å². The third kappa shape index (κ3) is 4.54. The van der Waals surface area contributed by atoms with Gasteiger partial charge in [0.1, 0.15) is 12.7 Å². The maximum atomic E-state index is 12.6. The van der Waals surface area contributed by atoms with Crippen molar-refractivity contribution in [2.24, 2.45) is 5.92 Å². The van der Waals surface area contributed by atoms with Crippen LogP contribution in [0.25, 0.3) is 11.1 Å². The van der Waals surface area contributed by atoms with Crippen LogP contribution in [0.3, 0.4) is 0 Å². The second-order valence-corrected chi connectivity index (χ2v) is 7.68. The Bertz CT molecular complexity index is 837. The Hall–Kier alpha value is -2.24. The number of carbonyl (C=O) groups is 1. The highest BCUT2D eigenvalue weighted by Crippen LogP contribution is 2.38. The lowest BCUT2D eigenvalue weighted by Gasteiger charge is -2.24. The van der Waals surface area contributed by atoms with Crippen LogP contribution in [0.15, 0.2) is 36.4 Å². The van der Waals surface area contributed by atoms with E-state index in [1.54, 1.807) is 17.0 Å². The highest BCUT2D eigenvalue weighted by atomic mass is 35.5. The van der Waals surface area contributed by atoms with Gasteiger partial charge >= 0.3 is 0 Å². The average molecular weight is 390 g/mol. The van der Waals surface area contributed by atoms with E-state index in [0.717, 1.165) is 11.1 Å². The number of aromatic hydroxyl groups is 1. The number of amides is 1. The molecule has 1 atom stereocenters. The Morgan fingerprint density at radius 2 is 2.04 bits per heavy atom. The molecule has 0 spiro atoms. The molecule has 0 saturated heterocycles. The van der Waals surface area contributed by atoms with Crippen molar-refractivity contribution < 1.29 is 19.7 Å². The van der Waals surface area contributed by atoms with Crippen LogP contribution in [0.2, 0.25) is 5.02 Å². The number of phenolic OH excluding ortho intramolecular Hbond substituents is 1. The summed E-state index contributed by atoms with van der Waals surface area (Å²) in [5.41, 5.74) is 2.35. The Morgan fingerprint density at radius 1 is 1.26 bits per heavy atom. The minimum atomic E-state index is -1.03. The first-order chi connectivity index (χ1) is 12.8. The summed E-state index contributed by atoms with van der Waals surface area (Å²) in [5, 5.41) is 21.2. The summed E-state index contributed by atoms with van der Waals surface area (Å²) in [7, 11) is 0. The number of nitrogens with zero attached hydrogens (tertiary/aromatic N) is 1. The molecular weight excluding hydrogens is 366 g/mol. The standard InChI is InChI=1S/C21H24ClNO4/c1-13(2)8-19(25)21(26)23-6-7-27-20-16(12-23)9-15(11-18(20)24)14-4-3-5-17(22)10-14/h3-5,9-11,13,19,24-25H,6-8,12H2,1-2H3/t19-/m0/s1. The molecule has 2 N–H and O–H groups in total. The molecule has 1 aliphatic heterocycles. The number of benzene rings is 2. The van der Waals surface area contributed by atoms with E-state index < -0.39 is 6.10 Å². The zero-order valence-electron chi connectivity index (χ0n) is 15.5. The van der Waals surface area contributed by atoms with Gasteiger partial charge in [-0.05, 0) is 47.7 Å². The third-order valence-corrected chi connectivity index (χ3v) is 4.80. The summed E-state index contributed by atoms with van der Waals surface area (Å²) in [5.74, 6) is 0.319. The van der Waals surface area contributed by atoms with E-state index in [0.29, 0.717) is 29.3 Å². The molecule has 0 unspecified atom stereocenters. The number of aliphatic hydroxyl groups excluding tert-OH is 1. The summed E-state index contributed by atoms with van der Waals surface area (Å²) in [6.45, 7) is 4.82. The minimum absolute atomic E-state index is 0.0273. The quantitative estimate of drug-likeness (QED) is 0.833. The lowest BCUT2D eigenvalue weighted by atomic mass is 10.0. The van der Waals surface area contributed by atoms with Crippen LogP contribution < -0.4 is 4.74 Å². The molecule has 2 aromatic rings. The van der Waals surface area contributed by atoms with Gasteiger partial charge in [0.2, 0.25) is 0 Å². The van der Waals surface area contributed by atoms with Crippen LogP contribution in [-0.2, 0) is 11.3 Å². The molecule has 27 heavy (non-hydrogen) atoms. The number of hydrogen-bond donors (Lipinski definition) is 2. The van der Waals surface area contributed by atoms with Crippen LogP contribution in [0, 0.1) is 5.92 Å². The van der Waals surface area contributed by atoms with Crippen LogP contribution in [0.5, 0.6) is 11.5 Å². The van der Waals surface area contributed by atoms with Crippen molar-refractivity contribution in [3.8, 4) is 22.6 Å². The van der Waals surface area contributed by atoms with Gasteiger partial charge in [0.15, 0.2) is 11.5 Å². The zero-order chi connectivity index (χ0) is 19.6. The number of fused-ring (bicyclic) bond motifs is 1. The van der Waals surface area contributed by atoms with Gasteiger partial charge in [-0.1, -0.05) is 37.6 Å². The number of halogens is 1. The van der Waals surface area contributed by atoms with Gasteiger partial charge in [-0.3, -0.25) is 4.79 Å². The Labute approximate surface area is 164 Å². The molecule has 1 amide bonds. The number of phenols is 1. The van der Waals surface area contributed by atoms with E-state index in [1.165, 1.54) is 0 Å². The third-order valence-electron chi connectivity index (χ3n) is 4.56. The van der Waals surface area contributed by atoms with E-state index in [1.807, 2.05) is 38.1 Å². The lowest BCUT2D eigenvalue weighted by Crippen LogP contribution is -2.40. The number of hydrogen-bond acceptors (Lipinski definition) is 4. The first kappa shape index (κ1) is 19.5. The maximum Gasteiger partial charge on any atom is 0.251 e. The van der Waals surface area contributed by atoms with Gasteiger partial charge in [-0.2, -0.15) is 0 Å². The molecule has 5 nitrogen and oxygen atoms in total. The predicted octanol–water partition coefficient (Wildman–Crippen LogP) is 3.84. The SMILES string of the molecule is CC(C)C[C@H](O)C(=O)N1CCOc2c(O)cc(-c3cccc(Cl)c3)cc2C1. The smallest absolute Gasteiger partial charge is 0.251 e. The summed E-state index contributed by atoms with van der Waals surface area (Å²) < 4.78 is 5.68. The van der Waals surface area contributed by atoms with Crippen molar-refractivity contribution >= 4 is 17.5 Å². The molecule has 0 radical (unpaired) electrons. The van der Waals surface area contributed by atoms with Crippen molar-refractivity contribution in [3.05, 3.63) is 47.0 Å². The second-order valence-electron chi connectivity index (χ2n) is 7.25. The Morgan fingerprint density at radius 3 is 2.74 bits per heavy atom. The normalized spacial score (nSPS) is 15.1. The molecule has 2 aromatic carbocycles. The first-order valence-corrected chi connectivity index (χ1v) is 9.44. The molecule has 6 heteroatoms. The fourth-order valence-corrected chi connectivity index (χ4v) is 3.47. The molecule has 0 bridgehead atoms. The molecule has 0 aromatic heterocycles. The van der Waals surface area contributed by atoms with Crippen molar-refractivity contribution in [1.29, 1.82) is 0 Å². The van der Waals surface area contributed by atoms with Gasteiger partial charge in [-0.25, -0.2) is 0 Å². The van der Waals surface area contributed by atoms with E-state index in [2.05, 4.69) is 0 Å².